The minimum Gasteiger partial charge on any atom is -0.480 e. The van der Waals surface area contributed by atoms with E-state index >= 15 is 0 Å². The molecule has 2 aliphatic heterocycles. The predicted molar refractivity (Wildman–Crippen MR) is 94.0 cm³/mol. The Bertz CT molecular complexity index is 678. The van der Waals surface area contributed by atoms with E-state index in [1.54, 1.807) is 21.9 Å². The van der Waals surface area contributed by atoms with Crippen molar-refractivity contribution in [3.05, 3.63) is 28.8 Å². The van der Waals surface area contributed by atoms with Crippen LogP contribution in [0.25, 0.3) is 0 Å². The van der Waals surface area contributed by atoms with Gasteiger partial charge in [0.1, 0.15) is 11.4 Å². The molecular weight excluding hydrogens is 344 g/mol. The molecule has 25 heavy (non-hydrogen) atoms. The van der Waals surface area contributed by atoms with Crippen LogP contribution in [-0.2, 0) is 16.0 Å². The Kier molecular flexibility index (Phi) is 4.82. The third kappa shape index (κ3) is 4.18. The molecule has 2 amide bonds. The van der Waals surface area contributed by atoms with Gasteiger partial charge in [-0.2, -0.15) is 0 Å². The normalized spacial score (nSPS) is 20.1. The van der Waals surface area contributed by atoms with Crippen LogP contribution in [0.5, 0.6) is 5.75 Å². The number of fused-ring (bicyclic) bond motifs is 1. The topological polar surface area (TPSA) is 59.1 Å². The molecule has 0 unspecified atom stereocenters. The number of nitrogens with zero attached hydrogens (tertiary/aromatic N) is 2. The van der Waals surface area contributed by atoms with Gasteiger partial charge in [-0.1, -0.05) is 11.6 Å². The van der Waals surface area contributed by atoms with E-state index in [1.807, 2.05) is 26.8 Å². The van der Waals surface area contributed by atoms with Crippen molar-refractivity contribution in [2.75, 3.05) is 26.2 Å². The van der Waals surface area contributed by atoms with Crippen LogP contribution in [0.1, 0.15) is 26.3 Å². The van der Waals surface area contributed by atoms with Crippen LogP contribution in [-0.4, -0.2) is 59.7 Å². The van der Waals surface area contributed by atoms with Gasteiger partial charge in [0, 0.05) is 37.6 Å². The smallest absolute Gasteiger partial charge is 0.410 e. The number of piperazine rings is 1. The third-order valence-electron chi connectivity index (χ3n) is 4.22. The lowest BCUT2D eigenvalue weighted by Gasteiger charge is -2.36. The largest absolute Gasteiger partial charge is 0.480 e. The summed E-state index contributed by atoms with van der Waals surface area (Å²) in [4.78, 5) is 28.2. The van der Waals surface area contributed by atoms with Gasteiger partial charge < -0.3 is 19.3 Å². The summed E-state index contributed by atoms with van der Waals surface area (Å²) in [6.07, 6.45) is -0.318. The van der Waals surface area contributed by atoms with Crippen molar-refractivity contribution in [3.63, 3.8) is 0 Å². The Labute approximate surface area is 152 Å². The van der Waals surface area contributed by atoms with Gasteiger partial charge in [-0.25, -0.2) is 4.79 Å². The molecule has 1 saturated heterocycles. The summed E-state index contributed by atoms with van der Waals surface area (Å²) in [6.45, 7) is 7.41. The summed E-state index contributed by atoms with van der Waals surface area (Å²) in [5.74, 6) is 0.673. The van der Waals surface area contributed by atoms with Crippen LogP contribution in [0.2, 0.25) is 5.02 Å². The Morgan fingerprint density at radius 3 is 2.44 bits per heavy atom. The average molecular weight is 367 g/mol. The number of rotatable bonds is 1. The van der Waals surface area contributed by atoms with Crippen molar-refractivity contribution >= 4 is 23.6 Å². The Morgan fingerprint density at radius 2 is 1.80 bits per heavy atom. The van der Waals surface area contributed by atoms with E-state index in [4.69, 9.17) is 21.1 Å². The van der Waals surface area contributed by atoms with Crippen molar-refractivity contribution in [3.8, 4) is 5.75 Å². The summed E-state index contributed by atoms with van der Waals surface area (Å²) in [7, 11) is 0. The molecule has 1 atom stereocenters. The van der Waals surface area contributed by atoms with Crippen molar-refractivity contribution in [1.29, 1.82) is 0 Å². The molecule has 1 fully saturated rings. The minimum absolute atomic E-state index is 0.0452. The van der Waals surface area contributed by atoms with Gasteiger partial charge >= 0.3 is 6.09 Å². The number of benzene rings is 1. The maximum Gasteiger partial charge on any atom is 0.410 e. The van der Waals surface area contributed by atoms with E-state index in [0.29, 0.717) is 37.6 Å². The second-order valence-electron chi connectivity index (χ2n) is 7.36. The molecule has 136 valence electrons. The number of carbonyl (C=O) groups is 2. The quantitative estimate of drug-likeness (QED) is 0.766. The minimum atomic E-state index is -0.519. The molecule has 1 aromatic carbocycles. The molecule has 1 aromatic rings. The molecule has 0 bridgehead atoms. The molecule has 0 spiro atoms. The second-order valence-corrected chi connectivity index (χ2v) is 7.79. The summed E-state index contributed by atoms with van der Waals surface area (Å²) in [6, 6.07) is 5.39. The number of amides is 2. The van der Waals surface area contributed by atoms with Crippen molar-refractivity contribution < 1.29 is 19.1 Å². The molecular formula is C18H23ClN2O4. The lowest BCUT2D eigenvalue weighted by Crippen LogP contribution is -2.54. The number of hydrogen-bond acceptors (Lipinski definition) is 4. The van der Waals surface area contributed by atoms with Gasteiger partial charge in [-0.05, 0) is 44.5 Å². The van der Waals surface area contributed by atoms with E-state index in [-0.39, 0.29) is 12.0 Å². The standard InChI is InChI=1S/C18H23ClN2O4/c1-18(2,3)25-17(23)21-8-6-20(7-9-21)16(22)15-11-12-10-13(19)4-5-14(12)24-15/h4-5,10,15H,6-9,11H2,1-3H3/t15-/m0/s1. The van der Waals surface area contributed by atoms with Crippen LogP contribution < -0.4 is 4.74 Å². The van der Waals surface area contributed by atoms with E-state index in [2.05, 4.69) is 0 Å². The van der Waals surface area contributed by atoms with Gasteiger partial charge in [0.15, 0.2) is 6.10 Å². The van der Waals surface area contributed by atoms with Gasteiger partial charge in [0.25, 0.3) is 5.91 Å². The highest BCUT2D eigenvalue weighted by molar-refractivity contribution is 6.30. The van der Waals surface area contributed by atoms with Crippen LogP contribution in [0.3, 0.4) is 0 Å². The van der Waals surface area contributed by atoms with E-state index in [1.165, 1.54) is 0 Å². The van der Waals surface area contributed by atoms with E-state index in [9.17, 15) is 9.59 Å². The first-order chi connectivity index (χ1) is 11.7. The number of carbonyl (C=O) groups excluding carboxylic acids is 2. The molecule has 2 heterocycles. The summed E-state index contributed by atoms with van der Waals surface area (Å²) < 4.78 is 11.1. The zero-order valence-corrected chi connectivity index (χ0v) is 15.5. The Balaban J connectivity index is 1.54. The molecule has 3 rings (SSSR count). The first-order valence-corrected chi connectivity index (χ1v) is 8.82. The summed E-state index contributed by atoms with van der Waals surface area (Å²) in [5, 5.41) is 0.640. The third-order valence-corrected chi connectivity index (χ3v) is 4.45. The van der Waals surface area contributed by atoms with Gasteiger partial charge in [-0.3, -0.25) is 4.79 Å². The predicted octanol–water partition coefficient (Wildman–Crippen LogP) is 2.72. The molecule has 0 aromatic heterocycles. The molecule has 0 radical (unpaired) electrons. The molecule has 0 aliphatic carbocycles. The highest BCUT2D eigenvalue weighted by atomic mass is 35.5. The molecule has 7 heteroatoms. The number of ether oxygens (including phenoxy) is 2. The zero-order chi connectivity index (χ0) is 18.2. The molecule has 0 N–H and O–H groups in total. The SMILES string of the molecule is CC(C)(C)OC(=O)N1CCN(C(=O)[C@@H]2Cc3cc(Cl)ccc3O2)CC1. The lowest BCUT2D eigenvalue weighted by atomic mass is 10.1. The van der Waals surface area contributed by atoms with Crippen LogP contribution in [0, 0.1) is 0 Å². The van der Waals surface area contributed by atoms with Crippen LogP contribution in [0.15, 0.2) is 18.2 Å². The molecule has 6 nitrogen and oxygen atoms in total. The first-order valence-electron chi connectivity index (χ1n) is 8.45. The van der Waals surface area contributed by atoms with Crippen molar-refractivity contribution in [2.24, 2.45) is 0 Å². The monoisotopic (exact) mass is 366 g/mol. The van der Waals surface area contributed by atoms with E-state index in [0.717, 1.165) is 11.3 Å². The summed E-state index contributed by atoms with van der Waals surface area (Å²) >= 11 is 5.99. The highest BCUT2D eigenvalue weighted by Gasteiger charge is 2.35. The van der Waals surface area contributed by atoms with Crippen LogP contribution >= 0.6 is 11.6 Å². The fourth-order valence-corrected chi connectivity index (χ4v) is 3.19. The maximum atomic E-state index is 12.7. The fourth-order valence-electron chi connectivity index (χ4n) is 2.99. The lowest BCUT2D eigenvalue weighted by molar-refractivity contribution is -0.139. The Hall–Kier alpha value is -1.95. The zero-order valence-electron chi connectivity index (χ0n) is 14.8. The van der Waals surface area contributed by atoms with Gasteiger partial charge in [0.05, 0.1) is 0 Å². The van der Waals surface area contributed by atoms with E-state index < -0.39 is 11.7 Å². The number of hydrogen-bond donors (Lipinski definition) is 0. The summed E-state index contributed by atoms with van der Waals surface area (Å²) in [5.41, 5.74) is 0.438. The number of halogens is 1. The van der Waals surface area contributed by atoms with Crippen LogP contribution in [0.4, 0.5) is 4.79 Å². The fraction of sp³-hybridized carbons (Fsp3) is 0.556. The van der Waals surface area contributed by atoms with Gasteiger partial charge in [-0.15, -0.1) is 0 Å². The first kappa shape index (κ1) is 17.9. The second kappa shape index (κ2) is 6.75. The Morgan fingerprint density at radius 1 is 1.16 bits per heavy atom. The maximum absolute atomic E-state index is 12.7. The molecule has 2 aliphatic rings. The van der Waals surface area contributed by atoms with Gasteiger partial charge in [0.2, 0.25) is 0 Å². The average Bonchev–Trinajstić information content (AvgIpc) is 2.95. The molecule has 0 saturated carbocycles. The van der Waals surface area contributed by atoms with Crippen molar-refractivity contribution in [2.45, 2.75) is 38.9 Å². The van der Waals surface area contributed by atoms with Crippen molar-refractivity contribution in [1.82, 2.24) is 9.80 Å². The highest BCUT2D eigenvalue weighted by Crippen LogP contribution is 2.31.